The molecular weight excluding hydrogens is 221 g/mol. The SMILES string of the molecule is NCC1CCN(CCCOCC(F)(F)F)C1. The summed E-state index contributed by atoms with van der Waals surface area (Å²) in [6.07, 6.45) is -2.47. The van der Waals surface area contributed by atoms with Crippen molar-refractivity contribution in [2.75, 3.05) is 39.4 Å². The standard InChI is InChI=1S/C10H19F3N2O/c11-10(12,13)8-16-5-1-3-15-4-2-9(6-14)7-15/h9H,1-8,14H2. The van der Waals surface area contributed by atoms with Gasteiger partial charge in [0.2, 0.25) is 0 Å². The maximum Gasteiger partial charge on any atom is 0.411 e. The van der Waals surface area contributed by atoms with Crippen molar-refractivity contribution in [3.05, 3.63) is 0 Å². The summed E-state index contributed by atoms with van der Waals surface area (Å²) < 4.78 is 39.7. The maximum atomic E-state index is 11.7. The van der Waals surface area contributed by atoms with Gasteiger partial charge in [0.25, 0.3) is 0 Å². The summed E-state index contributed by atoms with van der Waals surface area (Å²) in [5.41, 5.74) is 5.54. The second-order valence-electron chi connectivity index (χ2n) is 4.21. The average molecular weight is 240 g/mol. The van der Waals surface area contributed by atoms with E-state index in [-0.39, 0.29) is 6.61 Å². The highest BCUT2D eigenvalue weighted by atomic mass is 19.4. The van der Waals surface area contributed by atoms with E-state index in [1.54, 1.807) is 0 Å². The highest BCUT2D eigenvalue weighted by Crippen LogP contribution is 2.16. The van der Waals surface area contributed by atoms with Crippen LogP contribution in [0.3, 0.4) is 0 Å². The minimum absolute atomic E-state index is 0.170. The van der Waals surface area contributed by atoms with Gasteiger partial charge >= 0.3 is 6.18 Å². The molecule has 16 heavy (non-hydrogen) atoms. The van der Waals surface area contributed by atoms with E-state index in [9.17, 15) is 13.2 Å². The largest absolute Gasteiger partial charge is 0.411 e. The summed E-state index contributed by atoms with van der Waals surface area (Å²) in [5, 5.41) is 0. The summed E-state index contributed by atoms with van der Waals surface area (Å²) in [5.74, 6) is 0.552. The number of ether oxygens (including phenoxy) is 1. The zero-order valence-electron chi connectivity index (χ0n) is 9.30. The van der Waals surface area contributed by atoms with Crippen LogP contribution in [-0.4, -0.2) is 50.5 Å². The van der Waals surface area contributed by atoms with Crippen molar-refractivity contribution < 1.29 is 17.9 Å². The Morgan fingerprint density at radius 2 is 2.12 bits per heavy atom. The molecule has 0 aromatic carbocycles. The van der Waals surface area contributed by atoms with Crippen LogP contribution in [0, 0.1) is 5.92 Å². The second-order valence-corrected chi connectivity index (χ2v) is 4.21. The van der Waals surface area contributed by atoms with Crippen LogP contribution in [0.2, 0.25) is 0 Å². The molecule has 1 aliphatic heterocycles. The zero-order valence-corrected chi connectivity index (χ0v) is 9.30. The molecule has 0 aliphatic carbocycles. The molecule has 2 N–H and O–H groups in total. The first kappa shape index (κ1) is 13.7. The molecule has 1 atom stereocenters. The molecule has 3 nitrogen and oxygen atoms in total. The summed E-state index contributed by atoms with van der Waals surface area (Å²) in [6, 6.07) is 0. The van der Waals surface area contributed by atoms with Crippen LogP contribution < -0.4 is 5.73 Å². The third kappa shape index (κ3) is 5.67. The van der Waals surface area contributed by atoms with E-state index in [1.165, 1.54) is 0 Å². The molecule has 0 spiro atoms. The predicted molar refractivity (Wildman–Crippen MR) is 55.1 cm³/mol. The minimum Gasteiger partial charge on any atom is -0.372 e. The van der Waals surface area contributed by atoms with Crippen LogP contribution in [-0.2, 0) is 4.74 Å². The number of rotatable bonds is 6. The van der Waals surface area contributed by atoms with Gasteiger partial charge in [-0.2, -0.15) is 13.2 Å². The number of hydrogen-bond donors (Lipinski definition) is 1. The molecule has 1 rings (SSSR count). The molecule has 1 saturated heterocycles. The van der Waals surface area contributed by atoms with E-state index >= 15 is 0 Å². The quantitative estimate of drug-likeness (QED) is 0.710. The highest BCUT2D eigenvalue weighted by molar-refractivity contribution is 4.75. The van der Waals surface area contributed by atoms with Gasteiger partial charge in [0.15, 0.2) is 0 Å². The van der Waals surface area contributed by atoms with Crippen LogP contribution in [0.5, 0.6) is 0 Å². The van der Waals surface area contributed by atoms with E-state index < -0.39 is 12.8 Å². The number of nitrogens with two attached hydrogens (primary N) is 1. The normalized spacial score (nSPS) is 22.9. The second kappa shape index (κ2) is 6.42. The number of halogens is 3. The van der Waals surface area contributed by atoms with E-state index in [0.29, 0.717) is 18.9 Å². The van der Waals surface area contributed by atoms with Crippen molar-refractivity contribution in [3.8, 4) is 0 Å². The monoisotopic (exact) mass is 240 g/mol. The van der Waals surface area contributed by atoms with Crippen molar-refractivity contribution in [2.45, 2.75) is 19.0 Å². The molecule has 0 bridgehead atoms. The third-order valence-electron chi connectivity index (χ3n) is 2.73. The van der Waals surface area contributed by atoms with Crippen molar-refractivity contribution in [1.82, 2.24) is 4.90 Å². The molecule has 96 valence electrons. The van der Waals surface area contributed by atoms with Crippen molar-refractivity contribution in [1.29, 1.82) is 0 Å². The first-order valence-corrected chi connectivity index (χ1v) is 5.58. The van der Waals surface area contributed by atoms with E-state index in [0.717, 1.165) is 26.1 Å². The van der Waals surface area contributed by atoms with Crippen LogP contribution >= 0.6 is 0 Å². The Balaban J connectivity index is 1.96. The fourth-order valence-corrected chi connectivity index (χ4v) is 1.89. The lowest BCUT2D eigenvalue weighted by Gasteiger charge is -2.15. The summed E-state index contributed by atoms with van der Waals surface area (Å²) in [7, 11) is 0. The average Bonchev–Trinajstić information content (AvgIpc) is 2.63. The number of nitrogens with zero attached hydrogens (tertiary/aromatic N) is 1. The van der Waals surface area contributed by atoms with Crippen LogP contribution in [0.4, 0.5) is 13.2 Å². The Kier molecular flexibility index (Phi) is 5.51. The van der Waals surface area contributed by atoms with E-state index in [4.69, 9.17) is 5.73 Å². The van der Waals surface area contributed by atoms with Crippen LogP contribution in [0.15, 0.2) is 0 Å². The number of alkyl halides is 3. The molecule has 0 aromatic heterocycles. The summed E-state index contributed by atoms with van der Waals surface area (Å²) in [6.45, 7) is 2.49. The Bertz CT molecular complexity index is 199. The lowest BCUT2D eigenvalue weighted by Crippen LogP contribution is -2.25. The molecule has 1 aliphatic rings. The van der Waals surface area contributed by atoms with Gasteiger partial charge < -0.3 is 15.4 Å². The van der Waals surface area contributed by atoms with Crippen molar-refractivity contribution in [3.63, 3.8) is 0 Å². The molecule has 1 heterocycles. The van der Waals surface area contributed by atoms with Gasteiger partial charge in [0.1, 0.15) is 6.61 Å². The van der Waals surface area contributed by atoms with Crippen molar-refractivity contribution in [2.24, 2.45) is 11.7 Å². The first-order chi connectivity index (χ1) is 7.51. The Hall–Kier alpha value is -0.330. The molecule has 1 unspecified atom stereocenters. The summed E-state index contributed by atoms with van der Waals surface area (Å²) >= 11 is 0. The van der Waals surface area contributed by atoms with Crippen LogP contribution in [0.1, 0.15) is 12.8 Å². The molecule has 1 fully saturated rings. The number of likely N-dealkylation sites (tertiary alicyclic amines) is 1. The fourth-order valence-electron chi connectivity index (χ4n) is 1.89. The van der Waals surface area contributed by atoms with Crippen molar-refractivity contribution >= 4 is 0 Å². The molecule has 0 saturated carbocycles. The maximum absolute atomic E-state index is 11.7. The minimum atomic E-state index is -4.21. The molecular formula is C10H19F3N2O. The Morgan fingerprint density at radius 1 is 1.38 bits per heavy atom. The van der Waals surface area contributed by atoms with Gasteiger partial charge in [-0.15, -0.1) is 0 Å². The molecule has 0 amide bonds. The van der Waals surface area contributed by atoms with Gasteiger partial charge in [-0.25, -0.2) is 0 Å². The van der Waals surface area contributed by atoms with E-state index in [1.807, 2.05) is 0 Å². The van der Waals surface area contributed by atoms with Gasteiger partial charge in [0.05, 0.1) is 0 Å². The topological polar surface area (TPSA) is 38.5 Å². The zero-order chi connectivity index (χ0) is 12.0. The Labute approximate surface area is 93.7 Å². The summed E-state index contributed by atoms with van der Waals surface area (Å²) in [4.78, 5) is 2.23. The number of hydrogen-bond acceptors (Lipinski definition) is 3. The molecule has 6 heteroatoms. The van der Waals surface area contributed by atoms with E-state index in [2.05, 4.69) is 9.64 Å². The van der Waals surface area contributed by atoms with Gasteiger partial charge in [0, 0.05) is 19.7 Å². The van der Waals surface area contributed by atoms with Crippen LogP contribution in [0.25, 0.3) is 0 Å². The predicted octanol–water partition coefficient (Wildman–Crippen LogP) is 1.24. The highest BCUT2D eigenvalue weighted by Gasteiger charge is 2.27. The molecule has 0 radical (unpaired) electrons. The Morgan fingerprint density at radius 3 is 2.69 bits per heavy atom. The van der Waals surface area contributed by atoms with Gasteiger partial charge in [-0.3, -0.25) is 0 Å². The molecule has 0 aromatic rings. The van der Waals surface area contributed by atoms with Gasteiger partial charge in [-0.05, 0) is 31.8 Å². The first-order valence-electron chi connectivity index (χ1n) is 5.58. The smallest absolute Gasteiger partial charge is 0.372 e. The third-order valence-corrected chi connectivity index (χ3v) is 2.73. The van der Waals surface area contributed by atoms with Gasteiger partial charge in [-0.1, -0.05) is 0 Å². The fraction of sp³-hybridized carbons (Fsp3) is 1.00. The lowest BCUT2D eigenvalue weighted by molar-refractivity contribution is -0.174. The lowest BCUT2D eigenvalue weighted by atomic mass is 10.1.